The molecule has 6 nitrogen and oxygen atoms in total. The van der Waals surface area contributed by atoms with Crippen LogP contribution in [0.25, 0.3) is 0 Å². The van der Waals surface area contributed by atoms with Crippen LogP contribution in [0.15, 0.2) is 12.1 Å². The summed E-state index contributed by atoms with van der Waals surface area (Å²) in [6.07, 6.45) is 0.305. The number of phenolic OH excluding ortho intramolecular Hbond substituents is 1. The van der Waals surface area contributed by atoms with Gasteiger partial charge in [0.15, 0.2) is 11.5 Å². The van der Waals surface area contributed by atoms with E-state index >= 15 is 0 Å². The molecule has 6 heteroatoms. The molecule has 0 aliphatic heterocycles. The van der Waals surface area contributed by atoms with Gasteiger partial charge in [-0.05, 0) is 12.1 Å². The first-order valence-electron chi connectivity index (χ1n) is 4.55. The van der Waals surface area contributed by atoms with E-state index in [1.54, 1.807) is 0 Å². The third kappa shape index (κ3) is 2.62. The van der Waals surface area contributed by atoms with Crippen LogP contribution >= 0.6 is 0 Å². The fraction of sp³-hybridized carbons (Fsp3) is 0.300. The molecule has 4 N–H and O–H groups in total. The Labute approximate surface area is 92.2 Å². The summed E-state index contributed by atoms with van der Waals surface area (Å²) >= 11 is 0. The first kappa shape index (κ1) is 12.3. The summed E-state index contributed by atoms with van der Waals surface area (Å²) in [5, 5.41) is 18.6. The lowest BCUT2D eigenvalue weighted by Crippen LogP contribution is -2.06. The molecule has 1 aromatic carbocycles. The van der Waals surface area contributed by atoms with Crippen LogP contribution in [0.2, 0.25) is 0 Å². The third-order valence-corrected chi connectivity index (χ3v) is 2.11. The normalized spacial score (nSPS) is 10.1. The van der Waals surface area contributed by atoms with E-state index in [0.29, 0.717) is 12.0 Å². The third-order valence-electron chi connectivity index (χ3n) is 2.11. The predicted molar refractivity (Wildman–Crippen MR) is 55.5 cm³/mol. The number of methoxy groups -OCH3 is 1. The highest BCUT2D eigenvalue weighted by Gasteiger charge is 2.13. The lowest BCUT2D eigenvalue weighted by Gasteiger charge is -2.10. The summed E-state index contributed by atoms with van der Waals surface area (Å²) in [4.78, 5) is 15.2. The van der Waals surface area contributed by atoms with E-state index in [-0.39, 0.29) is 23.7 Å². The summed E-state index contributed by atoms with van der Waals surface area (Å²) in [5.74, 6) is 3.80. The molecule has 0 aromatic heterocycles. The number of benzene rings is 1. The minimum Gasteiger partial charge on any atom is -0.504 e. The van der Waals surface area contributed by atoms with Gasteiger partial charge in [-0.3, -0.25) is 0 Å². The van der Waals surface area contributed by atoms with E-state index in [4.69, 9.17) is 15.7 Å². The zero-order chi connectivity index (χ0) is 12.1. The van der Waals surface area contributed by atoms with Crippen LogP contribution in [0.4, 0.5) is 0 Å². The number of rotatable bonds is 5. The second-order valence-electron chi connectivity index (χ2n) is 3.11. The number of aromatic hydroxyl groups is 1. The molecule has 88 valence electrons. The lowest BCUT2D eigenvalue weighted by molar-refractivity contribution is 0.0696. The zero-order valence-corrected chi connectivity index (χ0v) is 8.77. The molecule has 0 aliphatic carbocycles. The quantitative estimate of drug-likeness (QED) is 0.634. The molecule has 16 heavy (non-hydrogen) atoms. The standard InChI is InChI=1S/C10H13NO5/c1-15-8-5-7(10(13)14)4-6(9(8)12)2-3-16-11/h4-5,12H,2-3,11H2,1H3,(H,13,14). The van der Waals surface area contributed by atoms with Gasteiger partial charge in [-0.1, -0.05) is 0 Å². The average Bonchev–Trinajstić information content (AvgIpc) is 2.27. The molecule has 0 fully saturated rings. The zero-order valence-electron chi connectivity index (χ0n) is 8.77. The van der Waals surface area contributed by atoms with Crippen LogP contribution in [-0.4, -0.2) is 29.9 Å². The second-order valence-corrected chi connectivity index (χ2v) is 3.11. The molecule has 0 spiro atoms. The predicted octanol–water partition coefficient (Wildman–Crippen LogP) is 0.532. The SMILES string of the molecule is COc1cc(C(=O)O)cc(CCON)c1O. The molecule has 1 aromatic rings. The minimum absolute atomic E-state index is 0.0432. The fourth-order valence-electron chi connectivity index (χ4n) is 1.30. The van der Waals surface area contributed by atoms with Gasteiger partial charge in [-0.15, -0.1) is 0 Å². The number of carbonyl (C=O) groups is 1. The van der Waals surface area contributed by atoms with Crippen molar-refractivity contribution in [3.63, 3.8) is 0 Å². The largest absolute Gasteiger partial charge is 0.504 e. The van der Waals surface area contributed by atoms with Crippen LogP contribution in [0.3, 0.4) is 0 Å². The highest BCUT2D eigenvalue weighted by Crippen LogP contribution is 2.31. The molecule has 0 unspecified atom stereocenters. The molecule has 0 saturated heterocycles. The summed E-state index contributed by atoms with van der Waals surface area (Å²) < 4.78 is 4.87. The van der Waals surface area contributed by atoms with Crippen LogP contribution < -0.4 is 10.6 Å². The van der Waals surface area contributed by atoms with Gasteiger partial charge in [0.2, 0.25) is 0 Å². The Morgan fingerprint density at radius 3 is 2.69 bits per heavy atom. The number of aromatic carboxylic acids is 1. The highest BCUT2D eigenvalue weighted by atomic mass is 16.6. The smallest absolute Gasteiger partial charge is 0.335 e. The lowest BCUT2D eigenvalue weighted by atomic mass is 10.1. The van der Waals surface area contributed by atoms with Crippen molar-refractivity contribution in [2.45, 2.75) is 6.42 Å². The molecule has 0 heterocycles. The Morgan fingerprint density at radius 2 is 2.19 bits per heavy atom. The maximum atomic E-state index is 10.8. The van der Waals surface area contributed by atoms with Crippen molar-refractivity contribution in [2.24, 2.45) is 5.90 Å². The van der Waals surface area contributed by atoms with E-state index < -0.39 is 5.97 Å². The molecule has 0 bridgehead atoms. The Kier molecular flexibility index (Phi) is 4.10. The van der Waals surface area contributed by atoms with Gasteiger partial charge in [-0.2, -0.15) is 0 Å². The molecule has 1 rings (SSSR count). The van der Waals surface area contributed by atoms with E-state index in [1.165, 1.54) is 19.2 Å². The van der Waals surface area contributed by atoms with Crippen LogP contribution in [0.5, 0.6) is 11.5 Å². The van der Waals surface area contributed by atoms with Crippen molar-refractivity contribution >= 4 is 5.97 Å². The van der Waals surface area contributed by atoms with Gasteiger partial charge in [0.1, 0.15) is 0 Å². The number of hydrogen-bond donors (Lipinski definition) is 3. The van der Waals surface area contributed by atoms with Crippen molar-refractivity contribution < 1.29 is 24.6 Å². The number of carboxylic acid groups (broad SMARTS) is 1. The average molecular weight is 227 g/mol. The summed E-state index contributed by atoms with van der Waals surface area (Å²) in [6.45, 7) is 0.180. The van der Waals surface area contributed by atoms with Crippen molar-refractivity contribution in [2.75, 3.05) is 13.7 Å². The summed E-state index contributed by atoms with van der Waals surface area (Å²) in [6, 6.07) is 2.61. The van der Waals surface area contributed by atoms with Crippen molar-refractivity contribution in [3.8, 4) is 11.5 Å². The number of carboxylic acids is 1. The monoisotopic (exact) mass is 227 g/mol. The highest BCUT2D eigenvalue weighted by molar-refractivity contribution is 5.89. The van der Waals surface area contributed by atoms with Crippen LogP contribution in [0.1, 0.15) is 15.9 Å². The maximum absolute atomic E-state index is 10.8. The molecule has 0 atom stereocenters. The molecular formula is C10H13NO5. The summed E-state index contributed by atoms with van der Waals surface area (Å²) in [7, 11) is 1.35. The van der Waals surface area contributed by atoms with Gasteiger partial charge in [-0.25, -0.2) is 10.7 Å². The Hall–Kier alpha value is -1.79. The number of phenols is 1. The second kappa shape index (κ2) is 5.34. The Balaban J connectivity index is 3.13. The number of nitrogens with two attached hydrogens (primary N) is 1. The summed E-state index contributed by atoms with van der Waals surface area (Å²) in [5.41, 5.74) is 0.462. The Morgan fingerprint density at radius 1 is 1.50 bits per heavy atom. The van der Waals surface area contributed by atoms with E-state index in [0.717, 1.165) is 0 Å². The van der Waals surface area contributed by atoms with Crippen molar-refractivity contribution in [1.29, 1.82) is 0 Å². The fourth-order valence-corrected chi connectivity index (χ4v) is 1.30. The van der Waals surface area contributed by atoms with Crippen LogP contribution in [-0.2, 0) is 11.3 Å². The number of hydrogen-bond acceptors (Lipinski definition) is 5. The van der Waals surface area contributed by atoms with Crippen molar-refractivity contribution in [3.05, 3.63) is 23.3 Å². The molecule has 0 saturated carbocycles. The Bertz CT molecular complexity index is 391. The minimum atomic E-state index is -1.09. The van der Waals surface area contributed by atoms with Gasteiger partial charge in [0, 0.05) is 12.0 Å². The van der Waals surface area contributed by atoms with Gasteiger partial charge < -0.3 is 19.8 Å². The maximum Gasteiger partial charge on any atom is 0.335 e. The first-order chi connectivity index (χ1) is 7.60. The van der Waals surface area contributed by atoms with Gasteiger partial charge >= 0.3 is 5.97 Å². The topological polar surface area (TPSA) is 102 Å². The van der Waals surface area contributed by atoms with Gasteiger partial charge in [0.25, 0.3) is 0 Å². The molecule has 0 amide bonds. The molecule has 0 aliphatic rings. The van der Waals surface area contributed by atoms with E-state index in [1.807, 2.05) is 0 Å². The van der Waals surface area contributed by atoms with Crippen LogP contribution in [0, 0.1) is 0 Å². The molecule has 0 radical (unpaired) electrons. The van der Waals surface area contributed by atoms with Crippen molar-refractivity contribution in [1.82, 2.24) is 0 Å². The van der Waals surface area contributed by atoms with Gasteiger partial charge in [0.05, 0.1) is 19.3 Å². The van der Waals surface area contributed by atoms with E-state index in [2.05, 4.69) is 4.84 Å². The molecular weight excluding hydrogens is 214 g/mol. The first-order valence-corrected chi connectivity index (χ1v) is 4.55. The number of ether oxygens (including phenoxy) is 1. The van der Waals surface area contributed by atoms with E-state index in [9.17, 15) is 9.90 Å².